The highest BCUT2D eigenvalue weighted by Gasteiger charge is 2.06. The fourth-order valence-electron chi connectivity index (χ4n) is 1.35. The van der Waals surface area contributed by atoms with Crippen LogP contribution in [0, 0.1) is 0 Å². The quantitative estimate of drug-likeness (QED) is 0.866. The molecule has 6 heteroatoms. The molecule has 90 valence electrons. The minimum atomic E-state index is 0.686. The standard InChI is InChI=1S/C11H13ClN4S/c1-13-10-4-3-8(12)9(15-10)7-17-11-14-5-6-16(11)2/h3-6H,7H2,1-2H3,(H,13,15). The van der Waals surface area contributed by atoms with Crippen molar-refractivity contribution in [3.05, 3.63) is 35.2 Å². The lowest BCUT2D eigenvalue weighted by molar-refractivity contribution is 0.789. The van der Waals surface area contributed by atoms with E-state index in [0.29, 0.717) is 10.8 Å². The topological polar surface area (TPSA) is 42.7 Å². The number of aromatic nitrogens is 3. The lowest BCUT2D eigenvalue weighted by atomic mass is 10.3. The Balaban J connectivity index is 2.11. The van der Waals surface area contributed by atoms with Gasteiger partial charge < -0.3 is 9.88 Å². The van der Waals surface area contributed by atoms with E-state index in [9.17, 15) is 0 Å². The molecule has 0 aliphatic rings. The molecule has 4 nitrogen and oxygen atoms in total. The monoisotopic (exact) mass is 268 g/mol. The molecule has 0 atom stereocenters. The zero-order valence-corrected chi connectivity index (χ0v) is 11.2. The lowest BCUT2D eigenvalue weighted by Crippen LogP contribution is -1.97. The first kappa shape index (κ1) is 12.3. The van der Waals surface area contributed by atoms with Crippen LogP contribution in [-0.4, -0.2) is 21.6 Å². The molecular weight excluding hydrogens is 256 g/mol. The largest absolute Gasteiger partial charge is 0.373 e. The van der Waals surface area contributed by atoms with Crippen molar-refractivity contribution in [1.82, 2.24) is 14.5 Å². The number of nitrogens with zero attached hydrogens (tertiary/aromatic N) is 3. The van der Waals surface area contributed by atoms with Crippen LogP contribution in [0.15, 0.2) is 29.7 Å². The molecule has 0 bridgehead atoms. The molecule has 0 aliphatic heterocycles. The minimum absolute atomic E-state index is 0.686. The van der Waals surface area contributed by atoms with E-state index in [1.165, 1.54) is 0 Å². The Morgan fingerprint density at radius 1 is 1.47 bits per heavy atom. The summed E-state index contributed by atoms with van der Waals surface area (Å²) in [5.41, 5.74) is 0.867. The fourth-order valence-corrected chi connectivity index (χ4v) is 2.49. The van der Waals surface area contributed by atoms with Gasteiger partial charge >= 0.3 is 0 Å². The number of nitrogens with one attached hydrogen (secondary N) is 1. The van der Waals surface area contributed by atoms with Crippen LogP contribution in [0.4, 0.5) is 5.82 Å². The molecule has 1 N–H and O–H groups in total. The second-order valence-corrected chi connectivity index (χ2v) is 4.83. The van der Waals surface area contributed by atoms with Gasteiger partial charge in [-0.15, -0.1) is 0 Å². The van der Waals surface area contributed by atoms with Crippen LogP contribution in [0.5, 0.6) is 0 Å². The van der Waals surface area contributed by atoms with Crippen LogP contribution in [0.25, 0.3) is 0 Å². The van der Waals surface area contributed by atoms with Gasteiger partial charge in [-0.05, 0) is 12.1 Å². The van der Waals surface area contributed by atoms with Crippen LogP contribution in [0.1, 0.15) is 5.69 Å². The third-order valence-electron chi connectivity index (χ3n) is 2.29. The van der Waals surface area contributed by atoms with E-state index < -0.39 is 0 Å². The summed E-state index contributed by atoms with van der Waals surface area (Å²) in [7, 11) is 3.81. The van der Waals surface area contributed by atoms with E-state index >= 15 is 0 Å². The van der Waals surface area contributed by atoms with Gasteiger partial charge in [0.1, 0.15) is 5.82 Å². The summed E-state index contributed by atoms with van der Waals surface area (Å²) in [6, 6.07) is 3.71. The average Bonchev–Trinajstić information content (AvgIpc) is 2.74. The molecule has 0 fully saturated rings. The molecule has 2 rings (SSSR count). The molecule has 17 heavy (non-hydrogen) atoms. The number of aryl methyl sites for hydroxylation is 1. The van der Waals surface area contributed by atoms with Gasteiger partial charge in [-0.3, -0.25) is 0 Å². The summed E-state index contributed by atoms with van der Waals surface area (Å²) < 4.78 is 1.97. The van der Waals surface area contributed by atoms with Crippen molar-refractivity contribution >= 4 is 29.2 Å². The Bertz CT molecular complexity index is 512. The van der Waals surface area contributed by atoms with E-state index in [1.54, 1.807) is 18.0 Å². The van der Waals surface area contributed by atoms with Gasteiger partial charge in [-0.2, -0.15) is 0 Å². The van der Waals surface area contributed by atoms with Crippen LogP contribution in [0.3, 0.4) is 0 Å². The maximum atomic E-state index is 6.10. The predicted molar refractivity (Wildman–Crippen MR) is 71.6 cm³/mol. The summed E-state index contributed by atoms with van der Waals surface area (Å²) in [5.74, 6) is 1.53. The highest BCUT2D eigenvalue weighted by Crippen LogP contribution is 2.25. The predicted octanol–water partition coefficient (Wildman–Crippen LogP) is 2.80. The maximum absolute atomic E-state index is 6.10. The van der Waals surface area contributed by atoms with Crippen LogP contribution in [-0.2, 0) is 12.8 Å². The highest BCUT2D eigenvalue weighted by molar-refractivity contribution is 7.98. The maximum Gasteiger partial charge on any atom is 0.168 e. The number of hydrogen-bond acceptors (Lipinski definition) is 4. The number of pyridine rings is 1. The number of rotatable bonds is 4. The van der Waals surface area contributed by atoms with Gasteiger partial charge in [0.2, 0.25) is 0 Å². The lowest BCUT2D eigenvalue weighted by Gasteiger charge is -2.06. The second-order valence-electron chi connectivity index (χ2n) is 3.48. The summed E-state index contributed by atoms with van der Waals surface area (Å²) in [4.78, 5) is 8.66. The van der Waals surface area contributed by atoms with E-state index in [0.717, 1.165) is 16.7 Å². The van der Waals surface area contributed by atoms with Gasteiger partial charge in [-0.25, -0.2) is 9.97 Å². The Hall–Kier alpha value is -1.20. The van der Waals surface area contributed by atoms with Crippen LogP contribution < -0.4 is 5.32 Å². The van der Waals surface area contributed by atoms with E-state index in [1.807, 2.05) is 37.0 Å². The first-order chi connectivity index (χ1) is 8.20. The van der Waals surface area contributed by atoms with Gasteiger partial charge in [-0.1, -0.05) is 23.4 Å². The first-order valence-corrected chi connectivity index (χ1v) is 6.50. The average molecular weight is 269 g/mol. The Morgan fingerprint density at radius 3 is 2.94 bits per heavy atom. The number of anilines is 1. The van der Waals surface area contributed by atoms with Crippen molar-refractivity contribution in [2.75, 3.05) is 12.4 Å². The summed E-state index contributed by atoms with van der Waals surface area (Å²) in [6.45, 7) is 0. The third-order valence-corrected chi connectivity index (χ3v) is 3.70. The molecule has 2 heterocycles. The van der Waals surface area contributed by atoms with Crippen molar-refractivity contribution in [3.8, 4) is 0 Å². The summed E-state index contributed by atoms with van der Waals surface area (Å²) >= 11 is 7.72. The van der Waals surface area contributed by atoms with Gasteiger partial charge in [0.25, 0.3) is 0 Å². The molecule has 0 spiro atoms. The smallest absolute Gasteiger partial charge is 0.168 e. The number of thioether (sulfide) groups is 1. The van der Waals surface area contributed by atoms with Crippen molar-refractivity contribution in [2.45, 2.75) is 10.9 Å². The van der Waals surface area contributed by atoms with Crippen molar-refractivity contribution < 1.29 is 0 Å². The zero-order valence-electron chi connectivity index (χ0n) is 9.64. The molecule has 0 aliphatic carbocycles. The molecule has 0 amide bonds. The molecule has 2 aromatic heterocycles. The van der Waals surface area contributed by atoms with Gasteiger partial charge in [0.15, 0.2) is 5.16 Å². The van der Waals surface area contributed by atoms with Crippen molar-refractivity contribution in [2.24, 2.45) is 7.05 Å². The number of halogens is 1. The zero-order chi connectivity index (χ0) is 12.3. The molecule has 0 radical (unpaired) electrons. The summed E-state index contributed by atoms with van der Waals surface area (Å²) in [5, 5.41) is 4.64. The number of imidazole rings is 1. The van der Waals surface area contributed by atoms with E-state index in [-0.39, 0.29) is 0 Å². The van der Waals surface area contributed by atoms with E-state index in [2.05, 4.69) is 15.3 Å². The van der Waals surface area contributed by atoms with E-state index in [4.69, 9.17) is 11.6 Å². The number of hydrogen-bond donors (Lipinski definition) is 1. The highest BCUT2D eigenvalue weighted by atomic mass is 35.5. The Morgan fingerprint density at radius 2 is 2.29 bits per heavy atom. The van der Waals surface area contributed by atoms with Gasteiger partial charge in [0.05, 0.1) is 10.7 Å². The summed E-state index contributed by atoms with van der Waals surface area (Å²) in [6.07, 6.45) is 3.70. The molecular formula is C11H13ClN4S. The van der Waals surface area contributed by atoms with Crippen LogP contribution in [0.2, 0.25) is 5.02 Å². The molecule has 0 aromatic carbocycles. The fraction of sp³-hybridized carbons (Fsp3) is 0.273. The molecule has 2 aromatic rings. The van der Waals surface area contributed by atoms with Crippen molar-refractivity contribution in [1.29, 1.82) is 0 Å². The van der Waals surface area contributed by atoms with Crippen LogP contribution >= 0.6 is 23.4 Å². The normalized spacial score (nSPS) is 10.5. The third kappa shape index (κ3) is 2.92. The Kier molecular flexibility index (Phi) is 3.91. The second kappa shape index (κ2) is 5.42. The first-order valence-electron chi connectivity index (χ1n) is 5.14. The molecule has 0 saturated carbocycles. The minimum Gasteiger partial charge on any atom is -0.373 e. The SMILES string of the molecule is CNc1ccc(Cl)c(CSc2nccn2C)n1. The van der Waals surface area contributed by atoms with Gasteiger partial charge in [0, 0.05) is 32.2 Å². The Labute approximate surface area is 109 Å². The van der Waals surface area contributed by atoms with Crippen molar-refractivity contribution in [3.63, 3.8) is 0 Å². The molecule has 0 unspecified atom stereocenters. The molecule has 0 saturated heterocycles.